The Labute approximate surface area is 83.2 Å². The maximum absolute atomic E-state index is 5.63. The summed E-state index contributed by atoms with van der Waals surface area (Å²) in [7, 11) is 1.94. The number of anilines is 1. The summed E-state index contributed by atoms with van der Waals surface area (Å²) in [6.45, 7) is 1.99. The molecule has 0 aliphatic carbocycles. The van der Waals surface area contributed by atoms with Gasteiger partial charge in [0, 0.05) is 12.7 Å². The van der Waals surface area contributed by atoms with E-state index in [4.69, 9.17) is 5.73 Å². The van der Waals surface area contributed by atoms with E-state index in [0.717, 1.165) is 22.6 Å². The van der Waals surface area contributed by atoms with Crippen LogP contribution in [0.3, 0.4) is 0 Å². The lowest BCUT2D eigenvalue weighted by Crippen LogP contribution is -1.93. The molecule has 0 saturated heterocycles. The van der Waals surface area contributed by atoms with Gasteiger partial charge in [-0.2, -0.15) is 5.10 Å². The van der Waals surface area contributed by atoms with E-state index in [1.807, 2.05) is 42.9 Å². The van der Waals surface area contributed by atoms with E-state index in [2.05, 4.69) is 11.2 Å². The molecule has 1 aromatic carbocycles. The molecular formula is C11H13N3. The molecule has 1 aromatic heterocycles. The van der Waals surface area contributed by atoms with Gasteiger partial charge >= 0.3 is 0 Å². The Morgan fingerprint density at radius 1 is 1.21 bits per heavy atom. The molecule has 2 rings (SSSR count). The number of hydrogen-bond donors (Lipinski definition) is 1. The lowest BCUT2D eigenvalue weighted by atomic mass is 10.1. The Bertz CT molecular complexity index is 440. The molecule has 0 saturated carbocycles. The summed E-state index contributed by atoms with van der Waals surface area (Å²) in [5, 5.41) is 4.30. The number of hydrogen-bond acceptors (Lipinski definition) is 2. The van der Waals surface area contributed by atoms with Crippen molar-refractivity contribution in [3.05, 3.63) is 36.0 Å². The van der Waals surface area contributed by atoms with Crippen LogP contribution in [0.15, 0.2) is 30.3 Å². The second-order valence-corrected chi connectivity index (χ2v) is 3.42. The SMILES string of the molecule is Cc1cc(-c2ccc(N)cc2)n(C)n1. The smallest absolute Gasteiger partial charge is 0.0681 e. The van der Waals surface area contributed by atoms with E-state index in [1.165, 1.54) is 0 Å². The molecule has 1 heterocycles. The first-order chi connectivity index (χ1) is 6.66. The van der Waals surface area contributed by atoms with Crippen LogP contribution in [0, 0.1) is 6.92 Å². The Balaban J connectivity index is 2.49. The minimum atomic E-state index is 0.785. The van der Waals surface area contributed by atoms with Gasteiger partial charge in [0.05, 0.1) is 11.4 Å². The number of nitrogens with zero attached hydrogens (tertiary/aromatic N) is 2. The third kappa shape index (κ3) is 1.48. The van der Waals surface area contributed by atoms with Crippen molar-refractivity contribution in [3.8, 4) is 11.3 Å². The molecule has 0 bridgehead atoms. The highest BCUT2D eigenvalue weighted by Gasteiger charge is 2.03. The molecule has 0 spiro atoms. The zero-order chi connectivity index (χ0) is 10.1. The lowest BCUT2D eigenvalue weighted by molar-refractivity contribution is 0.764. The topological polar surface area (TPSA) is 43.8 Å². The van der Waals surface area contributed by atoms with Gasteiger partial charge in [-0.3, -0.25) is 4.68 Å². The molecule has 72 valence electrons. The van der Waals surface area contributed by atoms with E-state index in [9.17, 15) is 0 Å². The van der Waals surface area contributed by atoms with Crippen LogP contribution >= 0.6 is 0 Å². The van der Waals surface area contributed by atoms with E-state index >= 15 is 0 Å². The zero-order valence-electron chi connectivity index (χ0n) is 8.36. The van der Waals surface area contributed by atoms with Crippen LogP contribution in [-0.4, -0.2) is 9.78 Å². The largest absolute Gasteiger partial charge is 0.399 e. The Morgan fingerprint density at radius 3 is 2.36 bits per heavy atom. The van der Waals surface area contributed by atoms with Gasteiger partial charge in [0.25, 0.3) is 0 Å². The zero-order valence-corrected chi connectivity index (χ0v) is 8.36. The van der Waals surface area contributed by atoms with Crippen LogP contribution in [-0.2, 0) is 7.05 Å². The van der Waals surface area contributed by atoms with Crippen LogP contribution in [0.1, 0.15) is 5.69 Å². The fourth-order valence-corrected chi connectivity index (χ4v) is 1.53. The number of aromatic nitrogens is 2. The number of nitrogens with two attached hydrogens (primary N) is 1. The molecule has 0 atom stereocenters. The number of benzene rings is 1. The van der Waals surface area contributed by atoms with E-state index in [1.54, 1.807) is 0 Å². The summed E-state index contributed by atoms with van der Waals surface area (Å²) in [5.41, 5.74) is 9.69. The van der Waals surface area contributed by atoms with Crippen LogP contribution in [0.4, 0.5) is 5.69 Å². The van der Waals surface area contributed by atoms with Crippen LogP contribution in [0.5, 0.6) is 0 Å². The lowest BCUT2D eigenvalue weighted by Gasteiger charge is -2.01. The molecule has 0 fully saturated rings. The van der Waals surface area contributed by atoms with Crippen LogP contribution in [0.25, 0.3) is 11.3 Å². The molecule has 14 heavy (non-hydrogen) atoms. The average molecular weight is 187 g/mol. The highest BCUT2D eigenvalue weighted by molar-refractivity contribution is 5.62. The third-order valence-corrected chi connectivity index (χ3v) is 2.21. The predicted molar refractivity (Wildman–Crippen MR) is 57.8 cm³/mol. The molecule has 0 amide bonds. The van der Waals surface area contributed by atoms with Crippen molar-refractivity contribution in [2.24, 2.45) is 7.05 Å². The first-order valence-electron chi connectivity index (χ1n) is 4.53. The second-order valence-electron chi connectivity index (χ2n) is 3.42. The number of nitrogen functional groups attached to an aromatic ring is 1. The molecule has 0 aliphatic rings. The first-order valence-corrected chi connectivity index (χ1v) is 4.53. The molecule has 3 heteroatoms. The molecular weight excluding hydrogens is 174 g/mol. The van der Waals surface area contributed by atoms with E-state index in [-0.39, 0.29) is 0 Å². The maximum atomic E-state index is 5.63. The summed E-state index contributed by atoms with van der Waals surface area (Å²) < 4.78 is 1.88. The molecule has 0 aliphatic heterocycles. The van der Waals surface area contributed by atoms with Gasteiger partial charge in [-0.15, -0.1) is 0 Å². The second kappa shape index (κ2) is 3.18. The molecule has 2 N–H and O–H groups in total. The molecule has 2 aromatic rings. The van der Waals surface area contributed by atoms with E-state index in [0.29, 0.717) is 0 Å². The quantitative estimate of drug-likeness (QED) is 0.694. The summed E-state index contributed by atoms with van der Waals surface area (Å²) in [5.74, 6) is 0. The first kappa shape index (κ1) is 8.81. The van der Waals surface area contributed by atoms with Crippen molar-refractivity contribution in [2.75, 3.05) is 5.73 Å². The number of rotatable bonds is 1. The summed E-state index contributed by atoms with van der Waals surface area (Å²) in [4.78, 5) is 0. The standard InChI is InChI=1S/C11H13N3/c1-8-7-11(14(2)13-8)9-3-5-10(12)6-4-9/h3-7H,12H2,1-2H3. The van der Waals surface area contributed by atoms with Crippen molar-refractivity contribution in [2.45, 2.75) is 6.92 Å². The van der Waals surface area contributed by atoms with Gasteiger partial charge in [0.1, 0.15) is 0 Å². The normalized spacial score (nSPS) is 10.4. The summed E-state index contributed by atoms with van der Waals surface area (Å²) in [6.07, 6.45) is 0. The van der Waals surface area contributed by atoms with Crippen molar-refractivity contribution < 1.29 is 0 Å². The molecule has 0 unspecified atom stereocenters. The monoisotopic (exact) mass is 187 g/mol. The maximum Gasteiger partial charge on any atom is 0.0681 e. The van der Waals surface area contributed by atoms with E-state index < -0.39 is 0 Å². The predicted octanol–water partition coefficient (Wildman–Crippen LogP) is 1.98. The summed E-state index contributed by atoms with van der Waals surface area (Å²) in [6, 6.07) is 9.87. The van der Waals surface area contributed by atoms with Gasteiger partial charge < -0.3 is 5.73 Å². The molecule has 0 radical (unpaired) electrons. The van der Waals surface area contributed by atoms with Gasteiger partial charge in [0.2, 0.25) is 0 Å². The minimum Gasteiger partial charge on any atom is -0.399 e. The average Bonchev–Trinajstić information content (AvgIpc) is 2.47. The number of aryl methyl sites for hydroxylation is 2. The van der Waals surface area contributed by atoms with Crippen LogP contribution < -0.4 is 5.73 Å². The Morgan fingerprint density at radius 2 is 1.86 bits per heavy atom. The minimum absolute atomic E-state index is 0.785. The van der Waals surface area contributed by atoms with Gasteiger partial charge in [-0.25, -0.2) is 0 Å². The highest BCUT2D eigenvalue weighted by Crippen LogP contribution is 2.20. The van der Waals surface area contributed by atoms with Gasteiger partial charge in [0.15, 0.2) is 0 Å². The van der Waals surface area contributed by atoms with Gasteiger partial charge in [-0.05, 0) is 30.7 Å². The van der Waals surface area contributed by atoms with Crippen LogP contribution in [0.2, 0.25) is 0 Å². The fourth-order valence-electron chi connectivity index (χ4n) is 1.53. The molecule has 3 nitrogen and oxygen atoms in total. The van der Waals surface area contributed by atoms with Crippen molar-refractivity contribution in [3.63, 3.8) is 0 Å². The summed E-state index contributed by atoms with van der Waals surface area (Å²) >= 11 is 0. The van der Waals surface area contributed by atoms with Gasteiger partial charge in [-0.1, -0.05) is 12.1 Å². The third-order valence-electron chi connectivity index (χ3n) is 2.21. The van der Waals surface area contributed by atoms with Crippen molar-refractivity contribution in [1.82, 2.24) is 9.78 Å². The van der Waals surface area contributed by atoms with Crippen molar-refractivity contribution in [1.29, 1.82) is 0 Å². The Kier molecular flexibility index (Phi) is 2.00. The Hall–Kier alpha value is -1.77. The fraction of sp³-hybridized carbons (Fsp3) is 0.182. The van der Waals surface area contributed by atoms with Crippen molar-refractivity contribution >= 4 is 5.69 Å². The highest BCUT2D eigenvalue weighted by atomic mass is 15.3.